The van der Waals surface area contributed by atoms with Gasteiger partial charge in [0.1, 0.15) is 0 Å². The molecule has 2 aromatic rings. The van der Waals surface area contributed by atoms with Crippen LogP contribution >= 0.6 is 27.5 Å². The number of rotatable bonds is 4. The van der Waals surface area contributed by atoms with Gasteiger partial charge in [-0.3, -0.25) is 9.52 Å². The number of carbonyl (C=O) groups excluding carboxylic acids is 1. The number of hydrogen-bond acceptors (Lipinski definition) is 3. The van der Waals surface area contributed by atoms with E-state index in [0.717, 1.165) is 16.3 Å². The minimum atomic E-state index is -3.51. The van der Waals surface area contributed by atoms with Gasteiger partial charge in [-0.15, -0.1) is 0 Å². The largest absolute Gasteiger partial charge is 0.322 e. The highest BCUT2D eigenvalue weighted by atomic mass is 79.9. The summed E-state index contributed by atoms with van der Waals surface area (Å²) < 4.78 is 26.1. The third-order valence-corrected chi connectivity index (χ3v) is 4.65. The third kappa shape index (κ3) is 4.95. The number of benzene rings is 2. The first kappa shape index (κ1) is 17.8. The Morgan fingerprint density at radius 3 is 2.48 bits per heavy atom. The molecule has 1 amide bonds. The van der Waals surface area contributed by atoms with Crippen molar-refractivity contribution in [2.75, 3.05) is 16.3 Å². The highest BCUT2D eigenvalue weighted by Gasteiger charge is 2.15. The molecule has 0 aliphatic rings. The van der Waals surface area contributed by atoms with Crippen molar-refractivity contribution in [1.82, 2.24) is 0 Å². The van der Waals surface area contributed by atoms with Crippen molar-refractivity contribution in [1.29, 1.82) is 0 Å². The average molecular weight is 418 g/mol. The number of halogens is 2. The Morgan fingerprint density at radius 1 is 1.17 bits per heavy atom. The van der Waals surface area contributed by atoms with Crippen LogP contribution in [0.15, 0.2) is 40.9 Å². The van der Waals surface area contributed by atoms with Gasteiger partial charge in [-0.25, -0.2) is 8.42 Å². The maximum Gasteiger partial charge on any atom is 0.257 e. The first-order valence-corrected chi connectivity index (χ1v) is 9.57. The Labute approximate surface area is 148 Å². The van der Waals surface area contributed by atoms with E-state index in [1.54, 1.807) is 12.1 Å². The fourth-order valence-electron chi connectivity index (χ4n) is 1.91. The number of nitrogens with one attached hydrogen (secondary N) is 2. The molecule has 0 aliphatic heterocycles. The van der Waals surface area contributed by atoms with Gasteiger partial charge in [-0.05, 0) is 48.9 Å². The molecule has 0 saturated heterocycles. The summed E-state index contributed by atoms with van der Waals surface area (Å²) >= 11 is 9.31. The van der Waals surface area contributed by atoms with Crippen molar-refractivity contribution < 1.29 is 13.2 Å². The summed E-state index contributed by atoms with van der Waals surface area (Å²) in [6.45, 7) is 1.90. The van der Waals surface area contributed by atoms with Crippen molar-refractivity contribution >= 4 is 54.8 Å². The zero-order valence-corrected chi connectivity index (χ0v) is 15.5. The number of anilines is 2. The van der Waals surface area contributed by atoms with Crippen LogP contribution in [0.4, 0.5) is 11.4 Å². The molecule has 0 unspecified atom stereocenters. The van der Waals surface area contributed by atoms with Gasteiger partial charge in [0.15, 0.2) is 0 Å². The van der Waals surface area contributed by atoms with Crippen molar-refractivity contribution in [3.63, 3.8) is 0 Å². The molecule has 0 saturated carbocycles. The van der Waals surface area contributed by atoms with Crippen LogP contribution in [0.1, 0.15) is 15.9 Å². The lowest BCUT2D eigenvalue weighted by atomic mass is 10.1. The first-order chi connectivity index (χ1) is 10.7. The summed E-state index contributed by atoms with van der Waals surface area (Å²) in [5.74, 6) is -0.458. The number of amides is 1. The van der Waals surface area contributed by atoms with Gasteiger partial charge in [0.05, 0.1) is 17.5 Å². The lowest BCUT2D eigenvalue weighted by molar-refractivity contribution is 0.102. The van der Waals surface area contributed by atoms with Crippen LogP contribution in [0.25, 0.3) is 0 Å². The van der Waals surface area contributed by atoms with Crippen LogP contribution in [0.5, 0.6) is 0 Å². The van der Waals surface area contributed by atoms with Crippen molar-refractivity contribution in [3.8, 4) is 0 Å². The van der Waals surface area contributed by atoms with E-state index in [4.69, 9.17) is 11.6 Å². The predicted octanol–water partition coefficient (Wildman–Crippen LogP) is 4.03. The van der Waals surface area contributed by atoms with Gasteiger partial charge in [-0.2, -0.15) is 0 Å². The molecule has 0 fully saturated rings. The molecule has 8 heteroatoms. The van der Waals surface area contributed by atoms with E-state index in [0.29, 0.717) is 10.7 Å². The topological polar surface area (TPSA) is 75.3 Å². The fourth-order valence-corrected chi connectivity index (χ4v) is 2.91. The molecule has 0 radical (unpaired) electrons. The SMILES string of the molecule is Cc1cc(NC(=O)c2cc(Cl)ccc2NS(C)(=O)=O)ccc1Br. The Hall–Kier alpha value is -1.57. The predicted molar refractivity (Wildman–Crippen MR) is 96.8 cm³/mol. The fraction of sp³-hybridized carbons (Fsp3) is 0.133. The monoisotopic (exact) mass is 416 g/mol. The van der Waals surface area contributed by atoms with E-state index < -0.39 is 15.9 Å². The van der Waals surface area contributed by atoms with Gasteiger partial charge >= 0.3 is 0 Å². The van der Waals surface area contributed by atoms with Gasteiger partial charge in [0.25, 0.3) is 5.91 Å². The Balaban J connectivity index is 2.34. The van der Waals surface area contributed by atoms with Crippen LogP contribution in [-0.4, -0.2) is 20.6 Å². The van der Waals surface area contributed by atoms with E-state index in [9.17, 15) is 13.2 Å². The van der Waals surface area contributed by atoms with E-state index in [1.807, 2.05) is 13.0 Å². The molecule has 5 nitrogen and oxygen atoms in total. The van der Waals surface area contributed by atoms with Crippen LogP contribution in [-0.2, 0) is 10.0 Å². The summed E-state index contributed by atoms with van der Waals surface area (Å²) in [5.41, 5.74) is 1.87. The molecule has 0 heterocycles. The zero-order valence-electron chi connectivity index (χ0n) is 12.4. The Kier molecular flexibility index (Phi) is 5.33. The molecule has 0 bridgehead atoms. The maximum atomic E-state index is 12.5. The van der Waals surface area contributed by atoms with Crippen molar-refractivity contribution in [3.05, 3.63) is 57.0 Å². The molecular formula is C15H14BrClN2O3S. The summed E-state index contributed by atoms with van der Waals surface area (Å²) in [7, 11) is -3.51. The highest BCUT2D eigenvalue weighted by molar-refractivity contribution is 9.10. The lowest BCUT2D eigenvalue weighted by Gasteiger charge is -2.12. The van der Waals surface area contributed by atoms with E-state index in [-0.39, 0.29) is 11.3 Å². The molecule has 0 spiro atoms. The summed E-state index contributed by atoms with van der Waals surface area (Å²) in [6.07, 6.45) is 1.02. The minimum Gasteiger partial charge on any atom is -0.322 e. The molecule has 0 aliphatic carbocycles. The van der Waals surface area contributed by atoms with Gasteiger partial charge in [0, 0.05) is 15.2 Å². The lowest BCUT2D eigenvalue weighted by Crippen LogP contribution is -2.17. The summed E-state index contributed by atoms with van der Waals surface area (Å²) in [5, 5.41) is 3.06. The smallest absolute Gasteiger partial charge is 0.257 e. The third-order valence-electron chi connectivity index (χ3n) is 2.94. The molecule has 2 aromatic carbocycles. The second kappa shape index (κ2) is 6.90. The van der Waals surface area contributed by atoms with E-state index in [2.05, 4.69) is 26.0 Å². The Bertz CT molecular complexity index is 869. The van der Waals surface area contributed by atoms with Crippen LogP contribution in [0.2, 0.25) is 5.02 Å². The van der Waals surface area contributed by atoms with Gasteiger partial charge in [0.2, 0.25) is 10.0 Å². The van der Waals surface area contributed by atoms with Gasteiger partial charge in [-0.1, -0.05) is 27.5 Å². The van der Waals surface area contributed by atoms with Crippen molar-refractivity contribution in [2.45, 2.75) is 6.92 Å². The number of carbonyl (C=O) groups is 1. The molecule has 2 rings (SSSR count). The normalized spacial score (nSPS) is 11.1. The minimum absolute atomic E-state index is 0.142. The molecule has 0 aromatic heterocycles. The number of aryl methyl sites for hydroxylation is 1. The van der Waals surface area contributed by atoms with Crippen LogP contribution in [0, 0.1) is 6.92 Å². The average Bonchev–Trinajstić information content (AvgIpc) is 2.43. The van der Waals surface area contributed by atoms with Crippen molar-refractivity contribution in [2.24, 2.45) is 0 Å². The van der Waals surface area contributed by atoms with E-state index >= 15 is 0 Å². The number of hydrogen-bond donors (Lipinski definition) is 2. The van der Waals surface area contributed by atoms with Crippen LogP contribution < -0.4 is 10.0 Å². The quantitative estimate of drug-likeness (QED) is 0.788. The zero-order chi connectivity index (χ0) is 17.2. The summed E-state index contributed by atoms with van der Waals surface area (Å²) in [4.78, 5) is 12.5. The Morgan fingerprint density at radius 2 is 1.87 bits per heavy atom. The molecule has 23 heavy (non-hydrogen) atoms. The summed E-state index contributed by atoms with van der Waals surface area (Å²) in [6, 6.07) is 9.73. The molecule has 2 N–H and O–H groups in total. The first-order valence-electron chi connectivity index (χ1n) is 6.50. The van der Waals surface area contributed by atoms with Crippen LogP contribution in [0.3, 0.4) is 0 Å². The second-order valence-corrected chi connectivity index (χ2v) is 8.02. The highest BCUT2D eigenvalue weighted by Crippen LogP contribution is 2.24. The standard InChI is InChI=1S/C15H14BrClN2O3S/c1-9-7-11(4-5-13(9)16)18-15(20)12-8-10(17)3-6-14(12)19-23(2,21)22/h3-8,19H,1-2H3,(H,18,20). The molecular weight excluding hydrogens is 404 g/mol. The maximum absolute atomic E-state index is 12.5. The van der Waals surface area contributed by atoms with E-state index in [1.165, 1.54) is 18.2 Å². The molecule has 0 atom stereocenters. The second-order valence-electron chi connectivity index (χ2n) is 4.98. The van der Waals surface area contributed by atoms with Gasteiger partial charge < -0.3 is 5.32 Å². The number of sulfonamides is 1. The molecule has 122 valence electrons.